The molecule has 1 aliphatic rings. The van der Waals surface area contributed by atoms with Gasteiger partial charge in [0.15, 0.2) is 5.65 Å². The molecule has 1 unspecified atom stereocenters. The first kappa shape index (κ1) is 16.3. The number of H-pyrrole nitrogens is 2. The minimum absolute atomic E-state index is 0. The summed E-state index contributed by atoms with van der Waals surface area (Å²) in [5.41, 5.74) is 5.51. The van der Waals surface area contributed by atoms with Gasteiger partial charge in [-0.3, -0.25) is 4.79 Å². The molecule has 3 N–H and O–H groups in total. The third kappa shape index (κ3) is 2.44. The number of aromatic nitrogens is 5. The van der Waals surface area contributed by atoms with E-state index in [0.29, 0.717) is 29.0 Å². The Hall–Kier alpha value is -3.19. The van der Waals surface area contributed by atoms with Crippen molar-refractivity contribution in [1.29, 1.82) is 0 Å². The van der Waals surface area contributed by atoms with Gasteiger partial charge in [0.05, 0.1) is 17.6 Å². The van der Waals surface area contributed by atoms with E-state index < -0.39 is 0 Å². The Bertz CT molecular complexity index is 1090. The molecule has 1 atom stereocenters. The van der Waals surface area contributed by atoms with Gasteiger partial charge < -0.3 is 15.3 Å². The van der Waals surface area contributed by atoms with E-state index >= 15 is 0 Å². The molecule has 8 heteroatoms. The van der Waals surface area contributed by atoms with Gasteiger partial charge >= 0.3 is 0 Å². The number of rotatable bonds is 2. The number of aromatic amines is 2. The van der Waals surface area contributed by atoms with Crippen LogP contribution in [0.2, 0.25) is 0 Å². The lowest BCUT2D eigenvalue weighted by Gasteiger charge is -2.23. The molecule has 0 saturated carbocycles. The summed E-state index contributed by atoms with van der Waals surface area (Å²) >= 11 is 0. The van der Waals surface area contributed by atoms with E-state index in [9.17, 15) is 4.79 Å². The van der Waals surface area contributed by atoms with Gasteiger partial charge in [0.25, 0.3) is 5.91 Å². The fourth-order valence-corrected chi connectivity index (χ4v) is 3.38. The maximum absolute atomic E-state index is 12.3. The molecule has 0 aliphatic carbocycles. The van der Waals surface area contributed by atoms with Gasteiger partial charge in [0, 0.05) is 18.2 Å². The zero-order valence-electron chi connectivity index (χ0n) is 13.6. The average molecular weight is 367 g/mol. The second-order valence-electron chi connectivity index (χ2n) is 6.01. The lowest BCUT2D eigenvalue weighted by Crippen LogP contribution is -2.35. The first-order valence-corrected chi connectivity index (χ1v) is 8.02. The summed E-state index contributed by atoms with van der Waals surface area (Å²) < 4.78 is 0. The van der Waals surface area contributed by atoms with Crippen LogP contribution in [0.25, 0.3) is 22.6 Å². The van der Waals surface area contributed by atoms with Gasteiger partial charge in [-0.2, -0.15) is 0 Å². The largest absolute Gasteiger partial charge is 0.356 e. The van der Waals surface area contributed by atoms with Gasteiger partial charge in [-0.05, 0) is 11.6 Å². The normalized spacial score (nSPS) is 16.0. The van der Waals surface area contributed by atoms with E-state index in [1.54, 1.807) is 6.33 Å². The molecule has 0 spiro atoms. The van der Waals surface area contributed by atoms with Crippen LogP contribution < -0.4 is 5.32 Å². The van der Waals surface area contributed by atoms with Crippen LogP contribution in [0.15, 0.2) is 49.1 Å². The summed E-state index contributed by atoms with van der Waals surface area (Å²) in [7, 11) is 0. The molecular weight excluding hydrogens is 352 g/mol. The van der Waals surface area contributed by atoms with Crippen LogP contribution in [0.5, 0.6) is 0 Å². The van der Waals surface area contributed by atoms with Gasteiger partial charge in [0.2, 0.25) is 0 Å². The maximum Gasteiger partial charge on any atom is 0.253 e. The van der Waals surface area contributed by atoms with E-state index in [4.69, 9.17) is 0 Å². The topological polar surface area (TPSA) is 99.4 Å². The minimum Gasteiger partial charge on any atom is -0.356 e. The molecule has 0 saturated heterocycles. The van der Waals surface area contributed by atoms with Crippen molar-refractivity contribution in [3.8, 4) is 11.4 Å². The van der Waals surface area contributed by atoms with Gasteiger partial charge in [-0.25, -0.2) is 15.0 Å². The molecule has 1 aromatic carbocycles. The van der Waals surface area contributed by atoms with E-state index in [1.807, 2.05) is 24.3 Å². The van der Waals surface area contributed by atoms with Crippen molar-refractivity contribution in [2.75, 3.05) is 6.54 Å². The molecule has 4 heterocycles. The molecule has 130 valence electrons. The summed E-state index contributed by atoms with van der Waals surface area (Å²) in [5, 5.41) is 2.97. The molecular formula is C18H15ClN6O. The molecule has 3 aromatic heterocycles. The smallest absolute Gasteiger partial charge is 0.253 e. The number of fused-ring (bicyclic) bond motifs is 2. The van der Waals surface area contributed by atoms with Crippen LogP contribution >= 0.6 is 12.4 Å². The molecule has 0 radical (unpaired) electrons. The summed E-state index contributed by atoms with van der Waals surface area (Å²) in [4.78, 5) is 31.5. The first-order chi connectivity index (χ1) is 12.3. The van der Waals surface area contributed by atoms with E-state index in [-0.39, 0.29) is 24.2 Å². The predicted octanol–water partition coefficient (Wildman–Crippen LogP) is 2.65. The van der Waals surface area contributed by atoms with E-state index in [0.717, 1.165) is 17.0 Å². The number of imidazole rings is 1. The monoisotopic (exact) mass is 366 g/mol. The van der Waals surface area contributed by atoms with E-state index in [2.05, 4.69) is 42.4 Å². The molecule has 5 rings (SSSR count). The number of hydrogen-bond acceptors (Lipinski definition) is 4. The summed E-state index contributed by atoms with van der Waals surface area (Å²) in [6.45, 7) is 0.567. The van der Waals surface area contributed by atoms with Crippen molar-refractivity contribution in [1.82, 2.24) is 30.2 Å². The Labute approximate surface area is 154 Å². The number of halogens is 1. The fraction of sp³-hybridized carbons (Fsp3) is 0.111. The molecule has 0 fully saturated rings. The standard InChI is InChI=1S/C18H14N6O.ClH/c25-18-11-6-13(15-16-17(22-8-20-15)23-9-21-16)24-14(11)12(7-19-18)10-4-2-1-3-5-10;/h1-6,8-9,12,24H,7H2,(H,19,25)(H,20,21,22,23);1H. The SMILES string of the molecule is Cl.O=C1NCC(c2ccccc2)c2[nH]c(-c3ncnc4[nH]cnc34)cc21. The minimum atomic E-state index is -0.0722. The van der Waals surface area contributed by atoms with E-state index in [1.165, 1.54) is 6.33 Å². The third-order valence-electron chi connectivity index (χ3n) is 4.58. The van der Waals surface area contributed by atoms with Gasteiger partial charge in [-0.15, -0.1) is 12.4 Å². The Balaban J connectivity index is 0.00000168. The Morgan fingerprint density at radius 1 is 1.08 bits per heavy atom. The van der Waals surface area contributed by atoms with Gasteiger partial charge in [0.1, 0.15) is 17.5 Å². The summed E-state index contributed by atoms with van der Waals surface area (Å²) in [6.07, 6.45) is 3.08. The molecule has 1 amide bonds. The summed E-state index contributed by atoms with van der Waals surface area (Å²) in [6, 6.07) is 12.0. The number of carbonyl (C=O) groups excluding carboxylic acids is 1. The second kappa shape index (κ2) is 6.27. The molecule has 0 bridgehead atoms. The van der Waals surface area contributed by atoms with Crippen LogP contribution in [-0.2, 0) is 0 Å². The maximum atomic E-state index is 12.3. The predicted molar refractivity (Wildman–Crippen MR) is 99.3 cm³/mol. The Kier molecular flexibility index (Phi) is 3.93. The number of benzene rings is 1. The zero-order valence-corrected chi connectivity index (χ0v) is 14.4. The quantitative estimate of drug-likeness (QED) is 0.507. The van der Waals surface area contributed by atoms with Crippen molar-refractivity contribution >= 4 is 29.5 Å². The number of amides is 1. The number of nitrogens with one attached hydrogen (secondary N) is 3. The highest BCUT2D eigenvalue weighted by molar-refractivity contribution is 5.99. The van der Waals surface area contributed by atoms with Crippen molar-refractivity contribution < 1.29 is 4.79 Å². The van der Waals surface area contributed by atoms with Crippen molar-refractivity contribution in [3.05, 3.63) is 65.9 Å². The van der Waals surface area contributed by atoms with Crippen LogP contribution in [0, 0.1) is 0 Å². The van der Waals surface area contributed by atoms with Crippen LogP contribution in [-0.4, -0.2) is 37.4 Å². The lowest BCUT2D eigenvalue weighted by molar-refractivity contribution is 0.0942. The van der Waals surface area contributed by atoms with Crippen LogP contribution in [0.1, 0.15) is 27.5 Å². The highest BCUT2D eigenvalue weighted by Gasteiger charge is 2.29. The molecule has 4 aromatic rings. The Morgan fingerprint density at radius 3 is 2.77 bits per heavy atom. The third-order valence-corrected chi connectivity index (χ3v) is 4.58. The number of hydrogen-bond donors (Lipinski definition) is 3. The Morgan fingerprint density at radius 2 is 1.92 bits per heavy atom. The molecule has 26 heavy (non-hydrogen) atoms. The van der Waals surface area contributed by atoms with Crippen molar-refractivity contribution in [2.24, 2.45) is 0 Å². The number of nitrogens with zero attached hydrogens (tertiary/aromatic N) is 3. The fourth-order valence-electron chi connectivity index (χ4n) is 3.38. The zero-order chi connectivity index (χ0) is 16.8. The first-order valence-electron chi connectivity index (χ1n) is 8.02. The van der Waals surface area contributed by atoms with Crippen molar-refractivity contribution in [2.45, 2.75) is 5.92 Å². The lowest BCUT2D eigenvalue weighted by atomic mass is 9.90. The number of carbonyl (C=O) groups is 1. The van der Waals surface area contributed by atoms with Crippen LogP contribution in [0.3, 0.4) is 0 Å². The molecule has 1 aliphatic heterocycles. The second-order valence-corrected chi connectivity index (χ2v) is 6.01. The highest BCUT2D eigenvalue weighted by atomic mass is 35.5. The molecule has 7 nitrogen and oxygen atoms in total. The van der Waals surface area contributed by atoms with Crippen molar-refractivity contribution in [3.63, 3.8) is 0 Å². The highest BCUT2D eigenvalue weighted by Crippen LogP contribution is 2.33. The van der Waals surface area contributed by atoms with Gasteiger partial charge in [-0.1, -0.05) is 30.3 Å². The summed E-state index contributed by atoms with van der Waals surface area (Å²) in [5.74, 6) is 0.0103. The average Bonchev–Trinajstić information content (AvgIpc) is 3.30. The van der Waals surface area contributed by atoms with Crippen LogP contribution in [0.4, 0.5) is 0 Å².